The van der Waals surface area contributed by atoms with E-state index >= 15 is 0 Å². The second kappa shape index (κ2) is 7.37. The molecule has 1 N–H and O–H groups in total. The van der Waals surface area contributed by atoms with E-state index in [1.165, 1.54) is 19.3 Å². The van der Waals surface area contributed by atoms with Gasteiger partial charge in [-0.25, -0.2) is 0 Å². The van der Waals surface area contributed by atoms with Crippen LogP contribution in [-0.4, -0.2) is 18.3 Å². The van der Waals surface area contributed by atoms with Gasteiger partial charge in [0, 0.05) is 12.1 Å². The number of alkyl halides is 3. The van der Waals surface area contributed by atoms with Crippen molar-refractivity contribution in [1.82, 2.24) is 5.32 Å². The fourth-order valence-corrected chi connectivity index (χ4v) is 2.82. The predicted octanol–water partition coefficient (Wildman–Crippen LogP) is 4.67. The monoisotopic (exact) mass is 265 g/mol. The molecule has 1 nitrogen and oxygen atoms in total. The molecule has 0 bridgehead atoms. The fraction of sp³-hybridized carbons (Fsp3) is 1.00. The molecular weight excluding hydrogens is 239 g/mol. The van der Waals surface area contributed by atoms with Crippen molar-refractivity contribution in [2.45, 2.75) is 83.5 Å². The SMILES string of the molecule is CCCCCC(C)NC1CCCC(C(F)(F)F)C1. The molecule has 1 aliphatic carbocycles. The highest BCUT2D eigenvalue weighted by molar-refractivity contribution is 4.83. The summed E-state index contributed by atoms with van der Waals surface area (Å²) in [6.07, 6.45) is 2.79. The molecule has 1 aliphatic rings. The minimum atomic E-state index is -4.01. The molecule has 0 aliphatic heterocycles. The third-order valence-electron chi connectivity index (χ3n) is 3.90. The summed E-state index contributed by atoms with van der Waals surface area (Å²) >= 11 is 0. The van der Waals surface area contributed by atoms with Crippen LogP contribution in [0.2, 0.25) is 0 Å². The summed E-state index contributed by atoms with van der Waals surface area (Å²) in [5, 5.41) is 3.38. The number of hydrogen-bond acceptors (Lipinski definition) is 1. The van der Waals surface area contributed by atoms with Crippen molar-refractivity contribution >= 4 is 0 Å². The molecule has 0 saturated heterocycles. The van der Waals surface area contributed by atoms with Crippen molar-refractivity contribution in [2.24, 2.45) is 5.92 Å². The Balaban J connectivity index is 2.29. The molecule has 1 saturated carbocycles. The summed E-state index contributed by atoms with van der Waals surface area (Å²) in [6, 6.07) is 0.399. The van der Waals surface area contributed by atoms with E-state index in [4.69, 9.17) is 0 Å². The van der Waals surface area contributed by atoms with Crippen LogP contribution >= 0.6 is 0 Å². The first-order chi connectivity index (χ1) is 8.43. The van der Waals surface area contributed by atoms with Crippen LogP contribution in [0.3, 0.4) is 0 Å². The maximum Gasteiger partial charge on any atom is 0.391 e. The topological polar surface area (TPSA) is 12.0 Å². The molecule has 4 heteroatoms. The molecule has 18 heavy (non-hydrogen) atoms. The summed E-state index contributed by atoms with van der Waals surface area (Å²) < 4.78 is 38.0. The number of hydrogen-bond donors (Lipinski definition) is 1. The summed E-state index contributed by atoms with van der Waals surface area (Å²) in [5.41, 5.74) is 0. The van der Waals surface area contributed by atoms with Gasteiger partial charge in [-0.1, -0.05) is 32.6 Å². The van der Waals surface area contributed by atoms with Crippen molar-refractivity contribution in [2.75, 3.05) is 0 Å². The summed E-state index contributed by atoms with van der Waals surface area (Å²) in [7, 11) is 0. The Morgan fingerprint density at radius 1 is 1.22 bits per heavy atom. The summed E-state index contributed by atoms with van der Waals surface area (Å²) in [4.78, 5) is 0. The lowest BCUT2D eigenvalue weighted by Crippen LogP contribution is -2.42. The Labute approximate surface area is 109 Å². The fourth-order valence-electron chi connectivity index (χ4n) is 2.82. The maximum absolute atomic E-state index is 12.7. The van der Waals surface area contributed by atoms with Crippen LogP contribution in [-0.2, 0) is 0 Å². The van der Waals surface area contributed by atoms with E-state index in [0.29, 0.717) is 18.9 Å². The van der Waals surface area contributed by atoms with Crippen molar-refractivity contribution in [3.05, 3.63) is 0 Å². The van der Waals surface area contributed by atoms with E-state index in [0.717, 1.165) is 12.8 Å². The minimum absolute atomic E-state index is 0.0574. The van der Waals surface area contributed by atoms with Gasteiger partial charge in [0.2, 0.25) is 0 Å². The van der Waals surface area contributed by atoms with Crippen LogP contribution in [0.4, 0.5) is 13.2 Å². The number of nitrogens with one attached hydrogen (secondary N) is 1. The van der Waals surface area contributed by atoms with Crippen LogP contribution in [0.15, 0.2) is 0 Å². The quantitative estimate of drug-likeness (QED) is 0.688. The summed E-state index contributed by atoms with van der Waals surface area (Å²) in [6.45, 7) is 4.25. The first-order valence-corrected chi connectivity index (χ1v) is 7.26. The van der Waals surface area contributed by atoms with Gasteiger partial charge in [0.1, 0.15) is 0 Å². The lowest BCUT2D eigenvalue weighted by atomic mass is 9.85. The smallest absolute Gasteiger partial charge is 0.311 e. The molecule has 108 valence electrons. The zero-order valence-electron chi connectivity index (χ0n) is 11.5. The largest absolute Gasteiger partial charge is 0.391 e. The minimum Gasteiger partial charge on any atom is -0.311 e. The molecule has 0 aromatic rings. The number of rotatable bonds is 6. The van der Waals surface area contributed by atoms with Crippen molar-refractivity contribution in [3.63, 3.8) is 0 Å². The van der Waals surface area contributed by atoms with Gasteiger partial charge >= 0.3 is 6.18 Å². The Bertz CT molecular complexity index is 228. The summed E-state index contributed by atoms with van der Waals surface area (Å²) in [5.74, 6) is -1.09. The zero-order chi connectivity index (χ0) is 13.6. The van der Waals surface area contributed by atoms with Crippen LogP contribution in [0.1, 0.15) is 65.2 Å². The predicted molar refractivity (Wildman–Crippen MR) is 68.5 cm³/mol. The van der Waals surface area contributed by atoms with E-state index in [2.05, 4.69) is 19.2 Å². The molecule has 1 rings (SSSR count). The molecule has 0 amide bonds. The van der Waals surface area contributed by atoms with Crippen LogP contribution in [0, 0.1) is 5.92 Å². The highest BCUT2D eigenvalue weighted by Crippen LogP contribution is 2.37. The van der Waals surface area contributed by atoms with Crippen molar-refractivity contribution in [1.29, 1.82) is 0 Å². The molecule has 0 radical (unpaired) electrons. The van der Waals surface area contributed by atoms with Crippen LogP contribution in [0.25, 0.3) is 0 Å². The van der Waals surface area contributed by atoms with Gasteiger partial charge < -0.3 is 5.32 Å². The Kier molecular flexibility index (Phi) is 6.47. The molecule has 0 aromatic heterocycles. The van der Waals surface area contributed by atoms with E-state index in [1.807, 2.05) is 0 Å². The average Bonchev–Trinajstić information content (AvgIpc) is 2.28. The van der Waals surface area contributed by atoms with Crippen LogP contribution in [0.5, 0.6) is 0 Å². The van der Waals surface area contributed by atoms with Gasteiger partial charge in [0.25, 0.3) is 0 Å². The van der Waals surface area contributed by atoms with Gasteiger partial charge in [-0.2, -0.15) is 13.2 Å². The normalized spacial score (nSPS) is 27.2. The van der Waals surface area contributed by atoms with E-state index < -0.39 is 12.1 Å². The number of unbranched alkanes of at least 4 members (excludes halogenated alkanes) is 2. The second-order valence-electron chi connectivity index (χ2n) is 5.67. The Morgan fingerprint density at radius 3 is 2.56 bits per heavy atom. The van der Waals surface area contributed by atoms with Crippen molar-refractivity contribution in [3.8, 4) is 0 Å². The van der Waals surface area contributed by atoms with Gasteiger partial charge in [-0.05, 0) is 32.6 Å². The number of halogens is 3. The van der Waals surface area contributed by atoms with E-state index in [9.17, 15) is 13.2 Å². The standard InChI is InChI=1S/C14H26F3N/c1-3-4-5-7-11(2)18-13-9-6-8-12(10-13)14(15,16)17/h11-13,18H,3-10H2,1-2H3. The maximum atomic E-state index is 12.7. The van der Waals surface area contributed by atoms with Gasteiger partial charge in [0.15, 0.2) is 0 Å². The van der Waals surface area contributed by atoms with Crippen LogP contribution < -0.4 is 5.32 Å². The third-order valence-corrected chi connectivity index (χ3v) is 3.90. The molecule has 3 unspecified atom stereocenters. The molecule has 1 fully saturated rings. The van der Waals surface area contributed by atoms with Gasteiger partial charge in [0.05, 0.1) is 5.92 Å². The van der Waals surface area contributed by atoms with Gasteiger partial charge in [-0.15, -0.1) is 0 Å². The highest BCUT2D eigenvalue weighted by Gasteiger charge is 2.42. The molecule has 3 atom stereocenters. The molecule has 0 aromatic carbocycles. The first kappa shape index (κ1) is 15.8. The first-order valence-electron chi connectivity index (χ1n) is 7.26. The third kappa shape index (κ3) is 5.59. The van der Waals surface area contributed by atoms with E-state index in [1.54, 1.807) is 0 Å². The Hall–Kier alpha value is -0.250. The molecule has 0 spiro atoms. The second-order valence-corrected chi connectivity index (χ2v) is 5.67. The lowest BCUT2D eigenvalue weighted by Gasteiger charge is -2.33. The molecular formula is C14H26F3N. The Morgan fingerprint density at radius 2 is 1.94 bits per heavy atom. The highest BCUT2D eigenvalue weighted by atomic mass is 19.4. The van der Waals surface area contributed by atoms with E-state index in [-0.39, 0.29) is 12.5 Å². The average molecular weight is 265 g/mol. The zero-order valence-corrected chi connectivity index (χ0v) is 11.5. The molecule has 0 heterocycles. The van der Waals surface area contributed by atoms with Crippen molar-refractivity contribution < 1.29 is 13.2 Å². The van der Waals surface area contributed by atoms with Gasteiger partial charge in [-0.3, -0.25) is 0 Å². The lowest BCUT2D eigenvalue weighted by molar-refractivity contribution is -0.183.